The van der Waals surface area contributed by atoms with E-state index in [1.807, 2.05) is 19.1 Å². The van der Waals surface area contributed by atoms with Crippen molar-refractivity contribution in [3.63, 3.8) is 0 Å². The lowest BCUT2D eigenvalue weighted by atomic mass is 10.3. The van der Waals surface area contributed by atoms with E-state index in [2.05, 4.69) is 17.2 Å². The summed E-state index contributed by atoms with van der Waals surface area (Å²) >= 11 is 0. The van der Waals surface area contributed by atoms with Crippen LogP contribution in [-0.2, 0) is 4.74 Å². The first-order chi connectivity index (χ1) is 7.26. The molecule has 4 nitrogen and oxygen atoms in total. The fourth-order valence-electron chi connectivity index (χ4n) is 1.18. The molecule has 0 saturated carbocycles. The van der Waals surface area contributed by atoms with Crippen LogP contribution >= 0.6 is 0 Å². The van der Waals surface area contributed by atoms with Crippen molar-refractivity contribution in [1.29, 1.82) is 0 Å². The first-order valence-electron chi connectivity index (χ1n) is 5.10. The fraction of sp³-hybridized carbons (Fsp3) is 0.545. The van der Waals surface area contributed by atoms with Crippen LogP contribution in [0.3, 0.4) is 0 Å². The number of pyridine rings is 1. The predicted molar refractivity (Wildman–Crippen MR) is 60.4 cm³/mol. The van der Waals surface area contributed by atoms with Gasteiger partial charge in [0.15, 0.2) is 0 Å². The third kappa shape index (κ3) is 4.16. The third-order valence-electron chi connectivity index (χ3n) is 1.94. The first kappa shape index (κ1) is 11.8. The Kier molecular flexibility index (Phi) is 4.90. The van der Waals surface area contributed by atoms with Gasteiger partial charge in [0, 0.05) is 12.6 Å². The summed E-state index contributed by atoms with van der Waals surface area (Å²) in [5, 5.41) is 3.24. The maximum absolute atomic E-state index is 5.30. The van der Waals surface area contributed by atoms with Gasteiger partial charge in [0.05, 0.1) is 19.9 Å². The monoisotopic (exact) mass is 210 g/mol. The van der Waals surface area contributed by atoms with Crippen LogP contribution in [-0.4, -0.2) is 31.3 Å². The molecule has 1 atom stereocenters. The Morgan fingerprint density at radius 3 is 2.80 bits per heavy atom. The van der Waals surface area contributed by atoms with Crippen molar-refractivity contribution in [2.45, 2.75) is 19.9 Å². The minimum absolute atomic E-state index is 0.255. The summed E-state index contributed by atoms with van der Waals surface area (Å²) < 4.78 is 10.3. The van der Waals surface area contributed by atoms with Crippen molar-refractivity contribution in [2.75, 3.05) is 25.6 Å². The van der Waals surface area contributed by atoms with Gasteiger partial charge in [0.2, 0.25) is 0 Å². The molecule has 1 heterocycles. The second-order valence-electron chi connectivity index (χ2n) is 3.29. The smallest absolute Gasteiger partial charge is 0.137 e. The van der Waals surface area contributed by atoms with Crippen molar-refractivity contribution >= 4 is 5.82 Å². The summed E-state index contributed by atoms with van der Waals surface area (Å²) in [4.78, 5) is 4.21. The van der Waals surface area contributed by atoms with Gasteiger partial charge >= 0.3 is 0 Å². The molecule has 0 aliphatic heterocycles. The number of nitrogens with one attached hydrogen (secondary N) is 1. The number of hydrogen-bond donors (Lipinski definition) is 1. The van der Waals surface area contributed by atoms with Crippen LogP contribution in [0.25, 0.3) is 0 Å². The van der Waals surface area contributed by atoms with Gasteiger partial charge in [0.25, 0.3) is 0 Å². The Labute approximate surface area is 90.6 Å². The van der Waals surface area contributed by atoms with Gasteiger partial charge in [0.1, 0.15) is 11.6 Å². The molecule has 1 rings (SSSR count). The minimum Gasteiger partial charge on any atom is -0.495 e. The molecule has 1 aromatic heterocycles. The van der Waals surface area contributed by atoms with Crippen molar-refractivity contribution in [1.82, 2.24) is 4.98 Å². The number of ether oxygens (including phenoxy) is 2. The van der Waals surface area contributed by atoms with Crippen molar-refractivity contribution in [2.24, 2.45) is 0 Å². The zero-order valence-electron chi connectivity index (χ0n) is 9.49. The predicted octanol–water partition coefficient (Wildman–Crippen LogP) is 1.93. The molecule has 84 valence electrons. The molecule has 0 aliphatic carbocycles. The topological polar surface area (TPSA) is 43.4 Å². The summed E-state index contributed by atoms with van der Waals surface area (Å²) in [7, 11) is 1.63. The highest BCUT2D eigenvalue weighted by Crippen LogP contribution is 2.11. The van der Waals surface area contributed by atoms with Crippen LogP contribution in [0, 0.1) is 0 Å². The Bertz CT molecular complexity index is 274. The summed E-state index contributed by atoms with van der Waals surface area (Å²) in [6.45, 7) is 5.46. The van der Waals surface area contributed by atoms with Crippen molar-refractivity contribution < 1.29 is 9.47 Å². The summed E-state index contributed by atoms with van der Waals surface area (Å²) in [6.07, 6.45) is 1.69. The lowest BCUT2D eigenvalue weighted by Crippen LogP contribution is -2.22. The van der Waals surface area contributed by atoms with E-state index in [0.717, 1.165) is 18.2 Å². The average Bonchev–Trinajstić information content (AvgIpc) is 2.27. The Balaban J connectivity index is 2.42. The van der Waals surface area contributed by atoms with Gasteiger partial charge in [-0.1, -0.05) is 0 Å². The quantitative estimate of drug-likeness (QED) is 0.779. The van der Waals surface area contributed by atoms with Crippen LogP contribution in [0.4, 0.5) is 5.82 Å². The average molecular weight is 210 g/mol. The third-order valence-corrected chi connectivity index (χ3v) is 1.94. The number of aromatic nitrogens is 1. The van der Waals surface area contributed by atoms with E-state index in [1.54, 1.807) is 13.3 Å². The Hall–Kier alpha value is -1.29. The van der Waals surface area contributed by atoms with Crippen LogP contribution in [0.2, 0.25) is 0 Å². The largest absolute Gasteiger partial charge is 0.495 e. The van der Waals surface area contributed by atoms with Gasteiger partial charge in [-0.05, 0) is 26.0 Å². The van der Waals surface area contributed by atoms with Gasteiger partial charge in [-0.3, -0.25) is 0 Å². The molecule has 0 aliphatic rings. The normalized spacial score (nSPS) is 12.2. The van der Waals surface area contributed by atoms with E-state index in [1.165, 1.54) is 0 Å². The number of nitrogens with zero attached hydrogens (tertiary/aromatic N) is 1. The van der Waals surface area contributed by atoms with Crippen LogP contribution in [0.5, 0.6) is 5.75 Å². The molecule has 0 radical (unpaired) electrons. The molecule has 0 amide bonds. The van der Waals surface area contributed by atoms with E-state index in [0.29, 0.717) is 6.61 Å². The number of rotatable bonds is 6. The second kappa shape index (κ2) is 6.24. The van der Waals surface area contributed by atoms with Crippen LogP contribution in [0.15, 0.2) is 18.3 Å². The highest BCUT2D eigenvalue weighted by Gasteiger charge is 2.02. The highest BCUT2D eigenvalue weighted by molar-refractivity contribution is 5.38. The van der Waals surface area contributed by atoms with Crippen LogP contribution < -0.4 is 10.1 Å². The molecule has 0 bridgehead atoms. The number of methoxy groups -OCH3 is 1. The van der Waals surface area contributed by atoms with Gasteiger partial charge < -0.3 is 14.8 Å². The van der Waals surface area contributed by atoms with E-state index in [9.17, 15) is 0 Å². The molecule has 0 aromatic carbocycles. The molecule has 15 heavy (non-hydrogen) atoms. The molecule has 0 spiro atoms. The van der Waals surface area contributed by atoms with E-state index in [4.69, 9.17) is 9.47 Å². The van der Waals surface area contributed by atoms with Gasteiger partial charge in [-0.25, -0.2) is 4.98 Å². The maximum atomic E-state index is 5.30. The van der Waals surface area contributed by atoms with Crippen molar-refractivity contribution in [3.8, 4) is 5.75 Å². The van der Waals surface area contributed by atoms with Gasteiger partial charge in [-0.2, -0.15) is 0 Å². The fourth-order valence-corrected chi connectivity index (χ4v) is 1.18. The molecule has 1 unspecified atom stereocenters. The molecule has 4 heteroatoms. The molecular formula is C11H18N2O2. The Morgan fingerprint density at radius 2 is 2.27 bits per heavy atom. The summed E-state index contributed by atoms with van der Waals surface area (Å²) in [6, 6.07) is 4.02. The minimum atomic E-state index is 0.255. The molecular weight excluding hydrogens is 192 g/mol. The van der Waals surface area contributed by atoms with E-state index >= 15 is 0 Å². The van der Waals surface area contributed by atoms with Crippen LogP contribution in [0.1, 0.15) is 13.8 Å². The summed E-state index contributed by atoms with van der Waals surface area (Å²) in [5.74, 6) is 1.60. The molecule has 1 N–H and O–H groups in total. The molecule has 0 saturated heterocycles. The van der Waals surface area contributed by atoms with Gasteiger partial charge in [-0.15, -0.1) is 0 Å². The molecule has 1 aromatic rings. The summed E-state index contributed by atoms with van der Waals surface area (Å²) in [5.41, 5.74) is 0. The van der Waals surface area contributed by atoms with E-state index < -0.39 is 0 Å². The zero-order valence-corrected chi connectivity index (χ0v) is 9.49. The number of anilines is 1. The zero-order chi connectivity index (χ0) is 11.1. The van der Waals surface area contributed by atoms with Crippen molar-refractivity contribution in [3.05, 3.63) is 18.3 Å². The lowest BCUT2D eigenvalue weighted by molar-refractivity contribution is 0.141. The standard InChI is InChI=1S/C11H18N2O2/c1-4-15-8-9(2)13-11-6-5-10(14-3)7-12-11/h5-7,9H,4,8H2,1-3H3,(H,12,13). The Morgan fingerprint density at radius 1 is 1.47 bits per heavy atom. The highest BCUT2D eigenvalue weighted by atomic mass is 16.5. The van der Waals surface area contributed by atoms with E-state index in [-0.39, 0.29) is 6.04 Å². The second-order valence-corrected chi connectivity index (χ2v) is 3.29. The lowest BCUT2D eigenvalue weighted by Gasteiger charge is -2.14. The first-order valence-corrected chi connectivity index (χ1v) is 5.10. The molecule has 0 fully saturated rings. The SMILES string of the molecule is CCOCC(C)Nc1ccc(OC)cn1. The number of hydrogen-bond acceptors (Lipinski definition) is 4. The maximum Gasteiger partial charge on any atom is 0.137 e.